The maximum atomic E-state index is 13.1. The fourth-order valence-corrected chi connectivity index (χ4v) is 3.93. The Morgan fingerprint density at radius 3 is 2.68 bits per heavy atom. The summed E-state index contributed by atoms with van der Waals surface area (Å²) >= 11 is 1.62. The largest absolute Gasteiger partial charge is 0.392 e. The van der Waals surface area contributed by atoms with Crippen molar-refractivity contribution in [3.05, 3.63) is 22.4 Å². The molecule has 1 aromatic heterocycles. The molecule has 0 aromatic carbocycles. The van der Waals surface area contributed by atoms with Crippen LogP contribution in [0.2, 0.25) is 0 Å². The molecule has 0 aliphatic heterocycles. The number of thiophene rings is 1. The topological polar surface area (TPSA) is 12.0 Å². The molecular weight excluding hydrogens is 271 g/mol. The average Bonchev–Trinajstić information content (AvgIpc) is 2.88. The summed E-state index contributed by atoms with van der Waals surface area (Å²) in [6.45, 7) is 0. The first-order valence-corrected chi connectivity index (χ1v) is 7.66. The highest BCUT2D eigenvalue weighted by Gasteiger charge is 2.47. The molecule has 1 saturated carbocycles. The Morgan fingerprint density at radius 1 is 1.37 bits per heavy atom. The Kier molecular flexibility index (Phi) is 4.90. The van der Waals surface area contributed by atoms with Crippen LogP contribution in [0.25, 0.3) is 0 Å². The van der Waals surface area contributed by atoms with Gasteiger partial charge in [0.05, 0.1) is 5.92 Å². The molecule has 1 fully saturated rings. The van der Waals surface area contributed by atoms with Gasteiger partial charge < -0.3 is 5.32 Å². The molecule has 2 rings (SSSR count). The molecule has 19 heavy (non-hydrogen) atoms. The SMILES string of the molecule is CNC(Cc1cccs1)C1CCCCC1C(F)(F)F. The van der Waals surface area contributed by atoms with Gasteiger partial charge in [-0.15, -0.1) is 11.3 Å². The molecule has 1 aromatic rings. The van der Waals surface area contributed by atoms with Gasteiger partial charge in [0, 0.05) is 10.9 Å². The highest BCUT2D eigenvalue weighted by Crippen LogP contribution is 2.43. The maximum Gasteiger partial charge on any atom is 0.392 e. The lowest BCUT2D eigenvalue weighted by Crippen LogP contribution is -2.45. The van der Waals surface area contributed by atoms with Crippen molar-refractivity contribution in [2.75, 3.05) is 7.05 Å². The number of hydrogen-bond acceptors (Lipinski definition) is 2. The summed E-state index contributed by atoms with van der Waals surface area (Å²) < 4.78 is 39.4. The summed E-state index contributed by atoms with van der Waals surface area (Å²) in [5.41, 5.74) is 0. The van der Waals surface area contributed by atoms with E-state index in [2.05, 4.69) is 5.32 Å². The molecule has 1 N–H and O–H groups in total. The van der Waals surface area contributed by atoms with Gasteiger partial charge in [0.2, 0.25) is 0 Å². The second kappa shape index (κ2) is 6.27. The predicted octanol–water partition coefficient (Wildman–Crippen LogP) is 4.25. The minimum absolute atomic E-state index is 0.0782. The molecule has 108 valence electrons. The highest BCUT2D eigenvalue weighted by molar-refractivity contribution is 7.09. The fraction of sp³-hybridized carbons (Fsp3) is 0.714. The van der Waals surface area contributed by atoms with Crippen LogP contribution in [-0.4, -0.2) is 19.3 Å². The number of rotatable bonds is 4. The molecule has 5 heteroatoms. The van der Waals surface area contributed by atoms with E-state index in [0.717, 1.165) is 11.3 Å². The molecule has 0 saturated heterocycles. The third-order valence-corrected chi connectivity index (χ3v) is 5.03. The van der Waals surface area contributed by atoms with E-state index in [9.17, 15) is 13.2 Å². The number of halogens is 3. The Hall–Kier alpha value is -0.550. The lowest BCUT2D eigenvalue weighted by Gasteiger charge is -2.38. The van der Waals surface area contributed by atoms with Crippen LogP contribution in [0.15, 0.2) is 17.5 Å². The van der Waals surface area contributed by atoms with Crippen LogP contribution in [0.5, 0.6) is 0 Å². The van der Waals surface area contributed by atoms with Gasteiger partial charge in [-0.2, -0.15) is 13.2 Å². The molecule has 0 radical (unpaired) electrons. The van der Waals surface area contributed by atoms with Gasteiger partial charge in [0.15, 0.2) is 0 Å². The third kappa shape index (κ3) is 3.72. The molecule has 3 atom stereocenters. The van der Waals surface area contributed by atoms with Gasteiger partial charge in [0.1, 0.15) is 0 Å². The maximum absolute atomic E-state index is 13.1. The zero-order valence-corrected chi connectivity index (χ0v) is 11.9. The van der Waals surface area contributed by atoms with Crippen molar-refractivity contribution in [1.29, 1.82) is 0 Å². The van der Waals surface area contributed by atoms with Crippen molar-refractivity contribution in [3.8, 4) is 0 Å². The molecule has 0 bridgehead atoms. The summed E-state index contributed by atoms with van der Waals surface area (Å²) in [6.07, 6.45) is -0.769. The molecule has 3 unspecified atom stereocenters. The number of alkyl halides is 3. The molecule has 0 amide bonds. The van der Waals surface area contributed by atoms with Crippen LogP contribution in [-0.2, 0) is 6.42 Å². The zero-order valence-electron chi connectivity index (χ0n) is 11.0. The lowest BCUT2D eigenvalue weighted by atomic mass is 9.74. The first kappa shape index (κ1) is 14.9. The summed E-state index contributed by atoms with van der Waals surface area (Å²) in [7, 11) is 1.78. The third-order valence-electron chi connectivity index (χ3n) is 4.13. The predicted molar refractivity (Wildman–Crippen MR) is 72.4 cm³/mol. The molecular formula is C14H20F3NS. The lowest BCUT2D eigenvalue weighted by molar-refractivity contribution is -0.199. The van der Waals surface area contributed by atoms with E-state index in [1.807, 2.05) is 17.5 Å². The number of nitrogens with one attached hydrogen (secondary N) is 1. The minimum atomic E-state index is -4.06. The summed E-state index contributed by atoms with van der Waals surface area (Å²) in [4.78, 5) is 1.16. The summed E-state index contributed by atoms with van der Waals surface area (Å²) in [5.74, 6) is -1.43. The second-order valence-electron chi connectivity index (χ2n) is 5.28. The summed E-state index contributed by atoms with van der Waals surface area (Å²) in [5, 5.41) is 5.10. The first-order chi connectivity index (χ1) is 9.02. The highest BCUT2D eigenvalue weighted by atomic mass is 32.1. The Morgan fingerprint density at radius 2 is 2.11 bits per heavy atom. The molecule has 0 spiro atoms. The van der Waals surface area contributed by atoms with Crippen molar-refractivity contribution >= 4 is 11.3 Å². The molecule has 1 aliphatic carbocycles. The average molecular weight is 291 g/mol. The van der Waals surface area contributed by atoms with Crippen LogP contribution < -0.4 is 5.32 Å². The molecule has 1 heterocycles. The van der Waals surface area contributed by atoms with Crippen LogP contribution in [0.1, 0.15) is 30.6 Å². The van der Waals surface area contributed by atoms with E-state index in [4.69, 9.17) is 0 Å². The van der Waals surface area contributed by atoms with Gasteiger partial charge in [-0.1, -0.05) is 18.9 Å². The van der Waals surface area contributed by atoms with Crippen molar-refractivity contribution < 1.29 is 13.2 Å². The minimum Gasteiger partial charge on any atom is -0.316 e. The van der Waals surface area contributed by atoms with Crippen LogP contribution >= 0.6 is 11.3 Å². The van der Waals surface area contributed by atoms with Crippen LogP contribution in [0.3, 0.4) is 0 Å². The van der Waals surface area contributed by atoms with E-state index in [1.165, 1.54) is 0 Å². The van der Waals surface area contributed by atoms with Crippen molar-refractivity contribution in [3.63, 3.8) is 0 Å². The van der Waals surface area contributed by atoms with Gasteiger partial charge in [0.25, 0.3) is 0 Å². The summed E-state index contributed by atoms with van der Waals surface area (Å²) in [6, 6.07) is 3.88. The monoisotopic (exact) mass is 291 g/mol. The van der Waals surface area contributed by atoms with Gasteiger partial charge in [-0.3, -0.25) is 0 Å². The van der Waals surface area contributed by atoms with Gasteiger partial charge >= 0.3 is 6.18 Å². The van der Waals surface area contributed by atoms with E-state index in [0.29, 0.717) is 19.3 Å². The normalized spacial score (nSPS) is 26.3. The fourth-order valence-electron chi connectivity index (χ4n) is 3.16. The number of hydrogen-bond donors (Lipinski definition) is 1. The van der Waals surface area contributed by atoms with Gasteiger partial charge in [-0.25, -0.2) is 0 Å². The standard InChI is InChI=1S/C14H20F3NS/c1-18-13(9-10-5-4-8-19-10)11-6-2-3-7-12(11)14(15,16)17/h4-5,8,11-13,18H,2-3,6-7,9H2,1H3. The molecule has 1 aliphatic rings. The zero-order chi connectivity index (χ0) is 13.9. The van der Waals surface area contributed by atoms with Crippen molar-refractivity contribution in [2.24, 2.45) is 11.8 Å². The van der Waals surface area contributed by atoms with E-state index >= 15 is 0 Å². The number of likely N-dealkylation sites (N-methyl/N-ethyl adjacent to an activating group) is 1. The van der Waals surface area contributed by atoms with Gasteiger partial charge in [-0.05, 0) is 43.7 Å². The van der Waals surface area contributed by atoms with Crippen molar-refractivity contribution in [2.45, 2.75) is 44.3 Å². The first-order valence-electron chi connectivity index (χ1n) is 6.78. The Bertz CT molecular complexity index is 375. The van der Waals surface area contributed by atoms with E-state index < -0.39 is 12.1 Å². The van der Waals surface area contributed by atoms with E-state index in [-0.39, 0.29) is 18.4 Å². The van der Waals surface area contributed by atoms with Crippen molar-refractivity contribution in [1.82, 2.24) is 5.32 Å². The second-order valence-corrected chi connectivity index (χ2v) is 6.31. The van der Waals surface area contributed by atoms with Crippen LogP contribution in [0, 0.1) is 11.8 Å². The smallest absolute Gasteiger partial charge is 0.316 e. The quantitative estimate of drug-likeness (QED) is 0.874. The van der Waals surface area contributed by atoms with E-state index in [1.54, 1.807) is 18.4 Å². The molecule has 1 nitrogen and oxygen atoms in total. The Balaban J connectivity index is 2.10. The Labute approximate surface area is 116 Å². The van der Waals surface area contributed by atoms with Crippen LogP contribution in [0.4, 0.5) is 13.2 Å².